The number of rotatable bonds is 3. The van der Waals surface area contributed by atoms with Gasteiger partial charge in [0.25, 0.3) is 0 Å². The molecule has 4 rings (SSSR count). The Labute approximate surface area is 157 Å². The highest BCUT2D eigenvalue weighted by molar-refractivity contribution is 5.77. The van der Waals surface area contributed by atoms with Crippen molar-refractivity contribution in [1.29, 1.82) is 5.26 Å². The van der Waals surface area contributed by atoms with Gasteiger partial charge in [-0.05, 0) is 55.8 Å². The van der Waals surface area contributed by atoms with E-state index in [1.165, 1.54) is 0 Å². The van der Waals surface area contributed by atoms with Crippen LogP contribution in [-0.4, -0.2) is 9.38 Å². The van der Waals surface area contributed by atoms with Gasteiger partial charge >= 0.3 is 0 Å². The number of hydrogen-bond donors (Lipinski definition) is 0. The molecule has 27 heavy (non-hydrogen) atoms. The van der Waals surface area contributed by atoms with E-state index in [1.54, 1.807) is 18.2 Å². The van der Waals surface area contributed by atoms with Crippen LogP contribution in [0.15, 0.2) is 77.1 Å². The maximum Gasteiger partial charge on any atom is 0.187 e. The Morgan fingerprint density at radius 3 is 2.70 bits per heavy atom. The van der Waals surface area contributed by atoms with Crippen LogP contribution < -0.4 is 0 Å². The minimum atomic E-state index is 0.555. The minimum absolute atomic E-state index is 0.555. The predicted octanol–water partition coefficient (Wildman–Crippen LogP) is 5.91. The Kier molecular flexibility index (Phi) is 4.23. The van der Waals surface area contributed by atoms with Gasteiger partial charge in [-0.3, -0.25) is 4.40 Å². The third-order valence-electron chi connectivity index (χ3n) is 4.39. The van der Waals surface area contributed by atoms with Gasteiger partial charge in [0.15, 0.2) is 5.82 Å². The van der Waals surface area contributed by atoms with Crippen molar-refractivity contribution in [3.63, 3.8) is 0 Å². The number of nitriles is 1. The number of aryl methyl sites for hydroxylation is 2. The zero-order chi connectivity index (χ0) is 18.8. The molecule has 5 heteroatoms. The van der Waals surface area contributed by atoms with Gasteiger partial charge < -0.3 is 0 Å². The molecule has 2 aromatic carbocycles. The number of nitrogens with zero attached hydrogens (tertiary/aromatic N) is 5. The molecule has 0 saturated heterocycles. The molecule has 0 bridgehead atoms. The second kappa shape index (κ2) is 6.85. The molecule has 0 N–H and O–H groups in total. The van der Waals surface area contributed by atoms with E-state index in [-0.39, 0.29) is 0 Å². The van der Waals surface area contributed by atoms with Crippen molar-refractivity contribution < 1.29 is 0 Å². The fourth-order valence-electron chi connectivity index (χ4n) is 2.99. The third-order valence-corrected chi connectivity index (χ3v) is 4.39. The molecule has 0 spiro atoms. The minimum Gasteiger partial charge on any atom is -0.283 e. The number of aromatic nitrogens is 2. The summed E-state index contributed by atoms with van der Waals surface area (Å²) in [5, 5.41) is 17.9. The predicted molar refractivity (Wildman–Crippen MR) is 105 cm³/mol. The Morgan fingerprint density at radius 1 is 0.963 bits per heavy atom. The average Bonchev–Trinajstić information content (AvgIpc) is 3.06. The topological polar surface area (TPSA) is 65.8 Å². The molecule has 4 aromatic rings. The summed E-state index contributed by atoms with van der Waals surface area (Å²) in [4.78, 5) is 4.79. The Balaban J connectivity index is 1.90. The molecule has 0 aliphatic heterocycles. The quantitative estimate of drug-likeness (QED) is 0.431. The van der Waals surface area contributed by atoms with Gasteiger partial charge in [0, 0.05) is 11.8 Å². The van der Waals surface area contributed by atoms with Gasteiger partial charge in [0.2, 0.25) is 0 Å². The molecule has 0 aliphatic rings. The van der Waals surface area contributed by atoms with Gasteiger partial charge in [-0.15, -0.1) is 10.2 Å². The largest absolute Gasteiger partial charge is 0.283 e. The Bertz CT molecular complexity index is 1210. The molecular formula is C22H17N5. The SMILES string of the molecule is Cc1ccc(C)c(-c2nc3ccccn3c2N=Nc2cccc(C#N)c2)c1. The number of fused-ring (bicyclic) bond motifs is 1. The average molecular weight is 351 g/mol. The van der Waals surface area contributed by atoms with Crippen LogP contribution in [-0.2, 0) is 0 Å². The van der Waals surface area contributed by atoms with Gasteiger partial charge in [0.05, 0.1) is 17.3 Å². The maximum absolute atomic E-state index is 9.07. The van der Waals surface area contributed by atoms with Gasteiger partial charge in [0.1, 0.15) is 11.3 Å². The monoisotopic (exact) mass is 351 g/mol. The summed E-state index contributed by atoms with van der Waals surface area (Å²) in [5.41, 5.74) is 6.13. The number of pyridine rings is 1. The normalized spacial score (nSPS) is 11.1. The number of hydrogen-bond acceptors (Lipinski definition) is 4. The molecule has 2 heterocycles. The summed E-state index contributed by atoms with van der Waals surface area (Å²) >= 11 is 0. The molecular weight excluding hydrogens is 334 g/mol. The lowest BCUT2D eigenvalue weighted by molar-refractivity contribution is 1.10. The van der Waals surface area contributed by atoms with E-state index >= 15 is 0 Å². The summed E-state index contributed by atoms with van der Waals surface area (Å²) in [5.74, 6) is 0.668. The van der Waals surface area contributed by atoms with E-state index in [0.29, 0.717) is 17.1 Å². The van der Waals surface area contributed by atoms with E-state index in [4.69, 9.17) is 10.2 Å². The Morgan fingerprint density at radius 2 is 1.85 bits per heavy atom. The van der Waals surface area contributed by atoms with Crippen LogP contribution in [0, 0.1) is 25.2 Å². The van der Waals surface area contributed by atoms with Crippen LogP contribution in [0.3, 0.4) is 0 Å². The molecule has 2 aromatic heterocycles. The summed E-state index contributed by atoms with van der Waals surface area (Å²) in [6.07, 6.45) is 1.93. The Hall–Kier alpha value is -3.78. The highest BCUT2D eigenvalue weighted by atomic mass is 15.2. The van der Waals surface area contributed by atoms with Crippen molar-refractivity contribution in [3.8, 4) is 17.3 Å². The van der Waals surface area contributed by atoms with E-state index in [1.807, 2.05) is 34.9 Å². The lowest BCUT2D eigenvalue weighted by Crippen LogP contribution is -1.86. The van der Waals surface area contributed by atoms with Crippen LogP contribution in [0.5, 0.6) is 0 Å². The van der Waals surface area contributed by atoms with Gasteiger partial charge in [-0.2, -0.15) is 5.26 Å². The third kappa shape index (κ3) is 3.21. The summed E-state index contributed by atoms with van der Waals surface area (Å²) < 4.78 is 1.93. The van der Waals surface area contributed by atoms with Gasteiger partial charge in [-0.25, -0.2) is 4.98 Å². The molecule has 0 amide bonds. The molecule has 0 atom stereocenters. The molecule has 5 nitrogen and oxygen atoms in total. The van der Waals surface area contributed by atoms with Gasteiger partial charge in [-0.1, -0.05) is 29.8 Å². The van der Waals surface area contributed by atoms with Crippen LogP contribution in [0.4, 0.5) is 11.5 Å². The zero-order valence-corrected chi connectivity index (χ0v) is 15.1. The first kappa shape index (κ1) is 16.7. The van der Waals surface area contributed by atoms with Crippen molar-refractivity contribution in [2.24, 2.45) is 10.2 Å². The van der Waals surface area contributed by atoms with Crippen LogP contribution in [0.25, 0.3) is 16.9 Å². The standard InChI is InChI=1S/C22H17N5/c1-15-9-10-16(2)19(12-15)21-22(27-11-4-3-8-20(27)24-21)26-25-18-7-5-6-17(13-18)14-23/h3-13H,1-2H3. The van der Waals surface area contributed by atoms with Crippen molar-refractivity contribution in [3.05, 3.63) is 83.6 Å². The van der Waals surface area contributed by atoms with E-state index in [2.05, 4.69) is 48.3 Å². The van der Waals surface area contributed by atoms with Crippen LogP contribution in [0.1, 0.15) is 16.7 Å². The number of benzene rings is 2. The lowest BCUT2D eigenvalue weighted by atomic mass is 10.0. The molecule has 0 fully saturated rings. The fourth-order valence-corrected chi connectivity index (χ4v) is 2.99. The van der Waals surface area contributed by atoms with Crippen molar-refractivity contribution in [1.82, 2.24) is 9.38 Å². The summed E-state index contributed by atoms with van der Waals surface area (Å²) in [7, 11) is 0. The summed E-state index contributed by atoms with van der Waals surface area (Å²) in [6.45, 7) is 4.13. The fraction of sp³-hybridized carbons (Fsp3) is 0.0909. The highest BCUT2D eigenvalue weighted by Crippen LogP contribution is 2.34. The second-order valence-corrected chi connectivity index (χ2v) is 6.39. The maximum atomic E-state index is 9.07. The smallest absolute Gasteiger partial charge is 0.187 e. The first-order chi connectivity index (χ1) is 13.2. The second-order valence-electron chi connectivity index (χ2n) is 6.39. The first-order valence-electron chi connectivity index (χ1n) is 8.62. The highest BCUT2D eigenvalue weighted by Gasteiger charge is 2.15. The van der Waals surface area contributed by atoms with E-state index < -0.39 is 0 Å². The summed E-state index contributed by atoms with van der Waals surface area (Å²) in [6, 6.07) is 21.3. The van der Waals surface area contributed by atoms with Crippen molar-refractivity contribution >= 4 is 17.2 Å². The zero-order valence-electron chi connectivity index (χ0n) is 15.1. The number of azo groups is 1. The van der Waals surface area contributed by atoms with Crippen LogP contribution >= 0.6 is 0 Å². The molecule has 0 unspecified atom stereocenters. The van der Waals surface area contributed by atoms with E-state index in [0.717, 1.165) is 28.0 Å². The van der Waals surface area contributed by atoms with Crippen molar-refractivity contribution in [2.45, 2.75) is 13.8 Å². The molecule has 0 aliphatic carbocycles. The molecule has 0 saturated carbocycles. The number of imidazole rings is 1. The van der Waals surface area contributed by atoms with E-state index in [9.17, 15) is 0 Å². The van der Waals surface area contributed by atoms with Crippen molar-refractivity contribution in [2.75, 3.05) is 0 Å². The molecule has 130 valence electrons. The first-order valence-corrected chi connectivity index (χ1v) is 8.62. The van der Waals surface area contributed by atoms with Crippen LogP contribution in [0.2, 0.25) is 0 Å². The lowest BCUT2D eigenvalue weighted by Gasteiger charge is -2.05. The molecule has 0 radical (unpaired) electrons.